The summed E-state index contributed by atoms with van der Waals surface area (Å²) in [6.07, 6.45) is 1.78. The molecule has 0 radical (unpaired) electrons. The number of nitriles is 1. The molecule has 0 aliphatic rings. The van der Waals surface area contributed by atoms with Gasteiger partial charge < -0.3 is 0 Å². The van der Waals surface area contributed by atoms with Crippen molar-refractivity contribution in [1.29, 1.82) is 5.26 Å². The van der Waals surface area contributed by atoms with E-state index in [1.807, 2.05) is 60.7 Å². The SMILES string of the molecule is N#Cc1ccccc1-c1cccc(-c2ccccn2)c1. The Kier molecular flexibility index (Phi) is 3.26. The zero-order valence-electron chi connectivity index (χ0n) is 10.8. The van der Waals surface area contributed by atoms with Crippen molar-refractivity contribution in [2.45, 2.75) is 0 Å². The van der Waals surface area contributed by atoms with Crippen LogP contribution in [-0.2, 0) is 0 Å². The van der Waals surface area contributed by atoms with E-state index in [1.54, 1.807) is 6.20 Å². The molecule has 0 spiro atoms. The first-order valence-electron chi connectivity index (χ1n) is 6.39. The number of benzene rings is 2. The summed E-state index contributed by atoms with van der Waals surface area (Å²) in [5.74, 6) is 0. The Morgan fingerprint density at radius 1 is 0.800 bits per heavy atom. The molecule has 20 heavy (non-hydrogen) atoms. The number of hydrogen-bond donors (Lipinski definition) is 0. The zero-order chi connectivity index (χ0) is 13.8. The van der Waals surface area contributed by atoms with Crippen molar-refractivity contribution in [3.05, 3.63) is 78.5 Å². The maximum atomic E-state index is 9.20. The minimum absolute atomic E-state index is 0.686. The molecular formula is C18H12N2. The average molecular weight is 256 g/mol. The molecule has 2 heteroatoms. The minimum atomic E-state index is 0.686. The Balaban J connectivity index is 2.11. The summed E-state index contributed by atoms with van der Waals surface area (Å²) < 4.78 is 0. The van der Waals surface area contributed by atoms with Crippen molar-refractivity contribution in [2.24, 2.45) is 0 Å². The van der Waals surface area contributed by atoms with Crippen LogP contribution < -0.4 is 0 Å². The fourth-order valence-electron chi connectivity index (χ4n) is 2.21. The first kappa shape index (κ1) is 12.1. The smallest absolute Gasteiger partial charge is 0.0998 e. The molecule has 0 aliphatic carbocycles. The maximum Gasteiger partial charge on any atom is 0.0998 e. The van der Waals surface area contributed by atoms with Gasteiger partial charge in [0.05, 0.1) is 17.3 Å². The molecule has 2 nitrogen and oxygen atoms in total. The van der Waals surface area contributed by atoms with Gasteiger partial charge in [-0.1, -0.05) is 42.5 Å². The molecule has 0 atom stereocenters. The van der Waals surface area contributed by atoms with Gasteiger partial charge in [0.1, 0.15) is 0 Å². The summed E-state index contributed by atoms with van der Waals surface area (Å²) in [5.41, 5.74) is 4.66. The molecule has 0 fully saturated rings. The lowest BCUT2D eigenvalue weighted by molar-refractivity contribution is 1.33. The second kappa shape index (κ2) is 5.38. The van der Waals surface area contributed by atoms with Crippen molar-refractivity contribution in [2.75, 3.05) is 0 Å². The van der Waals surface area contributed by atoms with Crippen molar-refractivity contribution in [3.63, 3.8) is 0 Å². The number of hydrogen-bond acceptors (Lipinski definition) is 2. The summed E-state index contributed by atoms with van der Waals surface area (Å²) >= 11 is 0. The van der Waals surface area contributed by atoms with Crippen LogP contribution in [0.3, 0.4) is 0 Å². The Morgan fingerprint density at radius 3 is 2.40 bits per heavy atom. The van der Waals surface area contributed by atoms with Gasteiger partial charge >= 0.3 is 0 Å². The van der Waals surface area contributed by atoms with Gasteiger partial charge in [0.15, 0.2) is 0 Å². The van der Waals surface area contributed by atoms with Gasteiger partial charge in [0, 0.05) is 11.8 Å². The Bertz CT molecular complexity index is 771. The van der Waals surface area contributed by atoms with Crippen LogP contribution in [-0.4, -0.2) is 4.98 Å². The normalized spacial score (nSPS) is 9.95. The maximum absolute atomic E-state index is 9.20. The molecule has 94 valence electrons. The first-order valence-corrected chi connectivity index (χ1v) is 6.39. The highest BCUT2D eigenvalue weighted by atomic mass is 14.7. The fraction of sp³-hybridized carbons (Fsp3) is 0. The second-order valence-corrected chi connectivity index (χ2v) is 4.45. The lowest BCUT2D eigenvalue weighted by Gasteiger charge is -2.06. The highest BCUT2D eigenvalue weighted by Crippen LogP contribution is 2.27. The second-order valence-electron chi connectivity index (χ2n) is 4.45. The van der Waals surface area contributed by atoms with Gasteiger partial charge in [-0.15, -0.1) is 0 Å². The van der Waals surface area contributed by atoms with E-state index in [1.165, 1.54) is 0 Å². The summed E-state index contributed by atoms with van der Waals surface area (Å²) in [7, 11) is 0. The van der Waals surface area contributed by atoms with Crippen molar-refractivity contribution < 1.29 is 0 Å². The molecule has 0 bridgehead atoms. The molecule has 1 heterocycles. The topological polar surface area (TPSA) is 36.7 Å². The summed E-state index contributed by atoms with van der Waals surface area (Å²) in [5, 5.41) is 9.20. The van der Waals surface area contributed by atoms with E-state index in [0.717, 1.165) is 22.4 Å². The number of pyridine rings is 1. The van der Waals surface area contributed by atoms with Crippen molar-refractivity contribution >= 4 is 0 Å². The van der Waals surface area contributed by atoms with Crippen LogP contribution in [0.4, 0.5) is 0 Å². The Morgan fingerprint density at radius 2 is 1.60 bits per heavy atom. The molecule has 3 aromatic rings. The van der Waals surface area contributed by atoms with Gasteiger partial charge in [-0.05, 0) is 35.4 Å². The first-order chi connectivity index (χ1) is 9.88. The van der Waals surface area contributed by atoms with E-state index in [2.05, 4.69) is 17.1 Å². The van der Waals surface area contributed by atoms with Gasteiger partial charge in [-0.2, -0.15) is 5.26 Å². The monoisotopic (exact) mass is 256 g/mol. The summed E-state index contributed by atoms with van der Waals surface area (Å²) in [4.78, 5) is 4.36. The van der Waals surface area contributed by atoms with Gasteiger partial charge in [0.2, 0.25) is 0 Å². The van der Waals surface area contributed by atoms with E-state index in [0.29, 0.717) is 5.56 Å². The van der Waals surface area contributed by atoms with Crippen LogP contribution in [0, 0.1) is 11.3 Å². The predicted molar refractivity (Wildman–Crippen MR) is 79.8 cm³/mol. The van der Waals surface area contributed by atoms with E-state index in [4.69, 9.17) is 0 Å². The van der Waals surface area contributed by atoms with Crippen LogP contribution in [0.2, 0.25) is 0 Å². The molecule has 0 N–H and O–H groups in total. The van der Waals surface area contributed by atoms with E-state index < -0.39 is 0 Å². The minimum Gasteiger partial charge on any atom is -0.256 e. The molecule has 0 unspecified atom stereocenters. The Hall–Kier alpha value is -2.92. The molecule has 0 saturated heterocycles. The summed E-state index contributed by atoms with van der Waals surface area (Å²) in [6.45, 7) is 0. The van der Waals surface area contributed by atoms with E-state index >= 15 is 0 Å². The Labute approximate surface area is 118 Å². The van der Waals surface area contributed by atoms with Crippen LogP contribution in [0.5, 0.6) is 0 Å². The summed E-state index contributed by atoms with van der Waals surface area (Å²) in [6, 6.07) is 23.8. The number of aromatic nitrogens is 1. The van der Waals surface area contributed by atoms with Crippen LogP contribution in [0.25, 0.3) is 22.4 Å². The van der Waals surface area contributed by atoms with E-state index in [-0.39, 0.29) is 0 Å². The molecule has 1 aromatic heterocycles. The third kappa shape index (κ3) is 2.30. The van der Waals surface area contributed by atoms with Gasteiger partial charge in [0.25, 0.3) is 0 Å². The lowest BCUT2D eigenvalue weighted by Crippen LogP contribution is -1.86. The highest BCUT2D eigenvalue weighted by molar-refractivity contribution is 5.75. The van der Waals surface area contributed by atoms with Gasteiger partial charge in [-0.3, -0.25) is 4.98 Å². The molecule has 0 aliphatic heterocycles. The van der Waals surface area contributed by atoms with Crippen molar-refractivity contribution in [3.8, 4) is 28.5 Å². The number of rotatable bonds is 2. The third-order valence-corrected chi connectivity index (χ3v) is 3.18. The molecule has 0 saturated carbocycles. The lowest BCUT2D eigenvalue weighted by atomic mass is 9.98. The van der Waals surface area contributed by atoms with Crippen molar-refractivity contribution in [1.82, 2.24) is 4.98 Å². The number of nitrogens with zero attached hydrogens (tertiary/aromatic N) is 2. The predicted octanol–water partition coefficient (Wildman–Crippen LogP) is 4.29. The molecule has 0 amide bonds. The van der Waals surface area contributed by atoms with Crippen LogP contribution >= 0.6 is 0 Å². The standard InChI is InChI=1S/C18H12N2/c19-13-16-6-1-2-9-17(16)14-7-5-8-15(12-14)18-10-3-4-11-20-18/h1-12H. The van der Waals surface area contributed by atoms with E-state index in [9.17, 15) is 5.26 Å². The molecule has 2 aromatic carbocycles. The van der Waals surface area contributed by atoms with Gasteiger partial charge in [-0.25, -0.2) is 0 Å². The highest BCUT2D eigenvalue weighted by Gasteiger charge is 2.05. The average Bonchev–Trinajstić information content (AvgIpc) is 2.56. The quantitative estimate of drug-likeness (QED) is 0.686. The van der Waals surface area contributed by atoms with Crippen LogP contribution in [0.15, 0.2) is 72.9 Å². The zero-order valence-corrected chi connectivity index (χ0v) is 10.8. The fourth-order valence-corrected chi connectivity index (χ4v) is 2.21. The van der Waals surface area contributed by atoms with Crippen LogP contribution in [0.1, 0.15) is 5.56 Å². The third-order valence-electron chi connectivity index (χ3n) is 3.18. The molecule has 3 rings (SSSR count). The largest absolute Gasteiger partial charge is 0.256 e. The molecular weight excluding hydrogens is 244 g/mol.